The number of aromatic nitrogens is 1. The zero-order valence-electron chi connectivity index (χ0n) is 9.86. The molecule has 1 aromatic heterocycles. The van der Waals surface area contributed by atoms with Gasteiger partial charge < -0.3 is 0 Å². The second kappa shape index (κ2) is 5.21. The molecule has 9 heteroatoms. The summed E-state index contributed by atoms with van der Waals surface area (Å²) in [4.78, 5) is 13.2. The number of pyridine rings is 1. The van der Waals surface area contributed by atoms with Crippen LogP contribution in [0.2, 0.25) is 0 Å². The quantitative estimate of drug-likeness (QED) is 0.686. The first-order valence-electron chi connectivity index (χ1n) is 5.27. The van der Waals surface area contributed by atoms with Crippen molar-refractivity contribution in [2.24, 2.45) is 0 Å². The first-order chi connectivity index (χ1) is 9.38. The van der Waals surface area contributed by atoms with Gasteiger partial charge in [0.15, 0.2) is 0 Å². The van der Waals surface area contributed by atoms with Crippen LogP contribution in [0.15, 0.2) is 47.5 Å². The number of hydrogen-bond acceptors (Lipinski definition) is 5. The lowest BCUT2D eigenvalue weighted by molar-refractivity contribution is -0.384. The zero-order valence-corrected chi connectivity index (χ0v) is 10.7. The number of nitro groups is 1. The molecule has 0 atom stereocenters. The Kier molecular flexibility index (Phi) is 3.61. The minimum Gasteiger partial charge on any atom is -0.263 e. The highest BCUT2D eigenvalue weighted by atomic mass is 32.2. The fourth-order valence-corrected chi connectivity index (χ4v) is 2.39. The lowest BCUT2D eigenvalue weighted by Gasteiger charge is -2.06. The van der Waals surface area contributed by atoms with Crippen LogP contribution in [0.4, 0.5) is 15.9 Å². The molecule has 0 fully saturated rings. The number of anilines is 1. The van der Waals surface area contributed by atoms with E-state index in [0.717, 1.165) is 42.6 Å². The molecule has 1 aromatic carbocycles. The number of nitrogens with one attached hydrogen (secondary N) is 1. The molecule has 0 bridgehead atoms. The van der Waals surface area contributed by atoms with Gasteiger partial charge in [-0.25, -0.2) is 17.8 Å². The molecule has 0 spiro atoms. The number of benzene rings is 1. The van der Waals surface area contributed by atoms with E-state index in [1.165, 1.54) is 0 Å². The topological polar surface area (TPSA) is 102 Å². The molecule has 7 nitrogen and oxygen atoms in total. The van der Waals surface area contributed by atoms with Crippen molar-refractivity contribution in [2.75, 3.05) is 4.72 Å². The normalized spacial score (nSPS) is 11.1. The van der Waals surface area contributed by atoms with E-state index in [1.807, 2.05) is 0 Å². The molecule has 0 saturated heterocycles. The molecule has 0 aliphatic carbocycles. The maximum Gasteiger partial charge on any atom is 0.269 e. The van der Waals surface area contributed by atoms with Crippen LogP contribution in [0.5, 0.6) is 0 Å². The van der Waals surface area contributed by atoms with Crippen LogP contribution < -0.4 is 4.72 Å². The molecule has 0 unspecified atom stereocenters. The molecule has 0 saturated carbocycles. The second-order valence-electron chi connectivity index (χ2n) is 3.72. The number of rotatable bonds is 4. The minimum atomic E-state index is -3.93. The summed E-state index contributed by atoms with van der Waals surface area (Å²) in [6.45, 7) is 0. The largest absolute Gasteiger partial charge is 0.269 e. The van der Waals surface area contributed by atoms with E-state index < -0.39 is 20.8 Å². The molecule has 2 aromatic rings. The van der Waals surface area contributed by atoms with Gasteiger partial charge in [-0.05, 0) is 24.3 Å². The summed E-state index contributed by atoms with van der Waals surface area (Å²) in [6, 6.07) is 6.58. The van der Waals surface area contributed by atoms with Gasteiger partial charge in [0.25, 0.3) is 15.7 Å². The van der Waals surface area contributed by atoms with Crippen molar-refractivity contribution in [3.05, 3.63) is 58.5 Å². The first-order valence-corrected chi connectivity index (χ1v) is 6.76. The summed E-state index contributed by atoms with van der Waals surface area (Å²) in [7, 11) is -3.93. The Morgan fingerprint density at radius 2 is 1.80 bits per heavy atom. The van der Waals surface area contributed by atoms with Crippen molar-refractivity contribution in [3.8, 4) is 0 Å². The van der Waals surface area contributed by atoms with Gasteiger partial charge in [-0.2, -0.15) is 0 Å². The highest BCUT2D eigenvalue weighted by Crippen LogP contribution is 2.18. The van der Waals surface area contributed by atoms with Gasteiger partial charge in [-0.15, -0.1) is 0 Å². The third-order valence-electron chi connectivity index (χ3n) is 2.32. The molecule has 0 radical (unpaired) electrons. The molecular weight excluding hydrogens is 289 g/mol. The minimum absolute atomic E-state index is 0.0512. The van der Waals surface area contributed by atoms with Crippen molar-refractivity contribution in [1.29, 1.82) is 0 Å². The Morgan fingerprint density at radius 3 is 2.30 bits per heavy atom. The van der Waals surface area contributed by atoms with Crippen LogP contribution >= 0.6 is 0 Å². The summed E-state index contributed by atoms with van der Waals surface area (Å²) in [5, 5.41) is 10.5. The van der Waals surface area contributed by atoms with Crippen LogP contribution in [-0.4, -0.2) is 18.3 Å². The standard InChI is InChI=1S/C11H8FN3O4S/c12-8-1-6-11(13-7-8)14-20(18,19)10-4-2-9(3-5-10)15(16)17/h1-7H,(H,13,14). The molecule has 2 rings (SSSR count). The average molecular weight is 297 g/mol. The van der Waals surface area contributed by atoms with Crippen LogP contribution in [0.1, 0.15) is 0 Å². The number of non-ortho nitro benzene ring substituents is 1. The summed E-state index contributed by atoms with van der Waals surface area (Å²) in [5.41, 5.74) is -0.219. The predicted molar refractivity (Wildman–Crippen MR) is 68.1 cm³/mol. The van der Waals surface area contributed by atoms with Gasteiger partial charge >= 0.3 is 0 Å². The fraction of sp³-hybridized carbons (Fsp3) is 0. The number of nitrogens with zero attached hydrogens (tertiary/aromatic N) is 2. The number of hydrogen-bond donors (Lipinski definition) is 1. The Labute approximate surface area is 113 Å². The van der Waals surface area contributed by atoms with Crippen LogP contribution in [0.25, 0.3) is 0 Å². The van der Waals surface area contributed by atoms with E-state index >= 15 is 0 Å². The van der Waals surface area contributed by atoms with Gasteiger partial charge in [0.2, 0.25) is 0 Å². The van der Waals surface area contributed by atoms with E-state index in [-0.39, 0.29) is 16.4 Å². The van der Waals surface area contributed by atoms with Gasteiger partial charge in [0, 0.05) is 12.1 Å². The summed E-state index contributed by atoms with van der Waals surface area (Å²) >= 11 is 0. The molecular formula is C11H8FN3O4S. The Bertz CT molecular complexity index is 729. The Hall–Kier alpha value is -2.55. The molecule has 0 aliphatic rings. The van der Waals surface area contributed by atoms with Crippen LogP contribution in [0.3, 0.4) is 0 Å². The van der Waals surface area contributed by atoms with E-state index in [0.29, 0.717) is 0 Å². The molecule has 104 valence electrons. The van der Waals surface area contributed by atoms with Gasteiger partial charge in [-0.1, -0.05) is 0 Å². The summed E-state index contributed by atoms with van der Waals surface area (Å²) in [5.74, 6) is -0.645. The van der Waals surface area contributed by atoms with Crippen molar-refractivity contribution in [1.82, 2.24) is 4.98 Å². The van der Waals surface area contributed by atoms with E-state index in [4.69, 9.17) is 0 Å². The molecule has 1 N–H and O–H groups in total. The van der Waals surface area contributed by atoms with Gasteiger partial charge in [0.05, 0.1) is 16.0 Å². The SMILES string of the molecule is O=[N+]([O-])c1ccc(S(=O)(=O)Nc2ccc(F)cn2)cc1. The molecule has 1 heterocycles. The van der Waals surface area contributed by atoms with E-state index in [2.05, 4.69) is 9.71 Å². The first kappa shape index (κ1) is 13.9. The van der Waals surface area contributed by atoms with Crippen molar-refractivity contribution in [2.45, 2.75) is 4.90 Å². The Balaban J connectivity index is 2.26. The summed E-state index contributed by atoms with van der Waals surface area (Å²) in [6.07, 6.45) is 0.869. The third kappa shape index (κ3) is 3.06. The molecule has 20 heavy (non-hydrogen) atoms. The van der Waals surface area contributed by atoms with E-state index in [1.54, 1.807) is 0 Å². The van der Waals surface area contributed by atoms with Crippen molar-refractivity contribution in [3.63, 3.8) is 0 Å². The number of sulfonamides is 1. The van der Waals surface area contributed by atoms with Crippen LogP contribution in [0, 0.1) is 15.9 Å². The highest BCUT2D eigenvalue weighted by Gasteiger charge is 2.16. The van der Waals surface area contributed by atoms with Crippen LogP contribution in [-0.2, 0) is 10.0 Å². The molecule has 0 aliphatic heterocycles. The van der Waals surface area contributed by atoms with Crippen molar-refractivity contribution >= 4 is 21.5 Å². The number of nitro benzene ring substituents is 1. The highest BCUT2D eigenvalue weighted by molar-refractivity contribution is 7.92. The lowest BCUT2D eigenvalue weighted by atomic mass is 10.3. The fourth-order valence-electron chi connectivity index (χ4n) is 1.38. The summed E-state index contributed by atoms with van der Waals surface area (Å²) < 4.78 is 38.7. The van der Waals surface area contributed by atoms with Gasteiger partial charge in [0.1, 0.15) is 11.6 Å². The van der Waals surface area contributed by atoms with Crippen molar-refractivity contribution < 1.29 is 17.7 Å². The monoisotopic (exact) mass is 297 g/mol. The maximum absolute atomic E-state index is 12.7. The maximum atomic E-state index is 12.7. The Morgan fingerprint density at radius 1 is 1.15 bits per heavy atom. The lowest BCUT2D eigenvalue weighted by Crippen LogP contribution is -2.13. The van der Waals surface area contributed by atoms with Gasteiger partial charge in [-0.3, -0.25) is 14.8 Å². The molecule has 0 amide bonds. The second-order valence-corrected chi connectivity index (χ2v) is 5.40. The van der Waals surface area contributed by atoms with E-state index in [9.17, 15) is 22.9 Å². The third-order valence-corrected chi connectivity index (χ3v) is 3.69. The average Bonchev–Trinajstić information content (AvgIpc) is 2.41. The number of halogens is 1. The smallest absolute Gasteiger partial charge is 0.263 e. The predicted octanol–water partition coefficient (Wildman–Crippen LogP) is 1.93. The zero-order chi connectivity index (χ0) is 14.8.